The first kappa shape index (κ1) is 15.7. The van der Waals surface area contributed by atoms with Gasteiger partial charge in [0, 0.05) is 22.2 Å². The molecule has 0 fully saturated rings. The first-order valence-corrected chi connectivity index (χ1v) is 9.34. The summed E-state index contributed by atoms with van der Waals surface area (Å²) in [7, 11) is 0. The van der Waals surface area contributed by atoms with Crippen molar-refractivity contribution in [3.63, 3.8) is 0 Å². The predicted octanol–water partition coefficient (Wildman–Crippen LogP) is 4.37. The van der Waals surface area contributed by atoms with E-state index in [0.717, 1.165) is 11.4 Å². The smallest absolute Gasteiger partial charge is 0.250 e. The van der Waals surface area contributed by atoms with Gasteiger partial charge in [-0.05, 0) is 29.3 Å². The number of hydrogen-bond acceptors (Lipinski definition) is 2. The molecule has 0 radical (unpaired) electrons. The summed E-state index contributed by atoms with van der Waals surface area (Å²) < 4.78 is 0. The molecule has 1 unspecified atom stereocenters. The maximum absolute atomic E-state index is 13.4. The van der Waals surface area contributed by atoms with E-state index in [1.807, 2.05) is 11.0 Å². The highest BCUT2D eigenvalue weighted by Gasteiger charge is 2.51. The van der Waals surface area contributed by atoms with Crippen molar-refractivity contribution in [2.45, 2.75) is 44.6 Å². The summed E-state index contributed by atoms with van der Waals surface area (Å²) in [4.78, 5) is 17.6. The van der Waals surface area contributed by atoms with Crippen LogP contribution >= 0.6 is 0 Å². The highest BCUT2D eigenvalue weighted by Crippen LogP contribution is 2.52. The van der Waals surface area contributed by atoms with E-state index in [1.54, 1.807) is 0 Å². The third kappa shape index (κ3) is 1.76. The van der Waals surface area contributed by atoms with Crippen LogP contribution in [0.15, 0.2) is 60.3 Å². The second kappa shape index (κ2) is 4.79. The van der Waals surface area contributed by atoms with Crippen LogP contribution in [0, 0.1) is 0 Å². The molecule has 0 aliphatic carbocycles. The van der Waals surface area contributed by atoms with Crippen LogP contribution in [0.4, 0.5) is 11.4 Å². The van der Waals surface area contributed by atoms with Crippen molar-refractivity contribution in [2.75, 3.05) is 16.3 Å². The van der Waals surface area contributed by atoms with Crippen molar-refractivity contribution in [2.24, 2.45) is 0 Å². The molecule has 3 heterocycles. The van der Waals surface area contributed by atoms with Gasteiger partial charge in [0.25, 0.3) is 5.91 Å². The number of hydrogen-bond donors (Lipinski definition) is 0. The summed E-state index contributed by atoms with van der Waals surface area (Å²) in [5.74, 6) is 0.157. The number of nitrogens with zero attached hydrogens (tertiary/aromatic N) is 2. The van der Waals surface area contributed by atoms with Crippen LogP contribution in [0.25, 0.3) is 0 Å². The van der Waals surface area contributed by atoms with Crippen LogP contribution in [0.2, 0.25) is 0 Å². The normalized spacial score (nSPS) is 24.4. The minimum absolute atomic E-state index is 0.0370. The third-order valence-electron chi connectivity index (χ3n) is 6.55. The van der Waals surface area contributed by atoms with Gasteiger partial charge in [0.05, 0.1) is 18.3 Å². The second-order valence-corrected chi connectivity index (χ2v) is 8.73. The molecular formula is C23H24N2O. The average molecular weight is 344 g/mol. The first-order chi connectivity index (χ1) is 12.3. The van der Waals surface area contributed by atoms with Crippen LogP contribution in [0.5, 0.6) is 0 Å². The number of rotatable bonds is 0. The summed E-state index contributed by atoms with van der Waals surface area (Å²) >= 11 is 0. The van der Waals surface area contributed by atoms with Crippen LogP contribution < -0.4 is 9.80 Å². The summed E-state index contributed by atoms with van der Waals surface area (Å²) in [6.07, 6.45) is 2.35. The quantitative estimate of drug-likeness (QED) is 0.708. The number of carbonyl (C=O) groups is 1. The van der Waals surface area contributed by atoms with Crippen molar-refractivity contribution in [3.8, 4) is 0 Å². The molecule has 1 amide bonds. The van der Waals surface area contributed by atoms with E-state index in [0.29, 0.717) is 6.54 Å². The standard InChI is InChI=1S/C23H24N2O/c1-22(2)15-9-5-7-11-17(15)24-14-21(26)25-18-12-8-6-10-16(18)23(3,4)20(25)13-19(22)24/h5-13,19H,14H2,1-4H3. The zero-order valence-corrected chi connectivity index (χ0v) is 15.8. The zero-order chi connectivity index (χ0) is 18.3. The molecule has 26 heavy (non-hydrogen) atoms. The fourth-order valence-corrected chi connectivity index (χ4v) is 5.11. The largest absolute Gasteiger partial charge is 0.355 e. The van der Waals surface area contributed by atoms with E-state index in [1.165, 1.54) is 16.8 Å². The number of para-hydroxylation sites is 2. The molecule has 0 saturated heterocycles. The van der Waals surface area contributed by atoms with Gasteiger partial charge < -0.3 is 4.90 Å². The van der Waals surface area contributed by atoms with Gasteiger partial charge in [0.1, 0.15) is 0 Å². The van der Waals surface area contributed by atoms with Gasteiger partial charge in [-0.3, -0.25) is 9.69 Å². The maximum Gasteiger partial charge on any atom is 0.250 e. The van der Waals surface area contributed by atoms with E-state index >= 15 is 0 Å². The topological polar surface area (TPSA) is 23.6 Å². The second-order valence-electron chi connectivity index (χ2n) is 8.73. The lowest BCUT2D eigenvalue weighted by molar-refractivity contribution is -0.116. The number of carbonyl (C=O) groups excluding carboxylic acids is 1. The predicted molar refractivity (Wildman–Crippen MR) is 106 cm³/mol. The Morgan fingerprint density at radius 1 is 0.885 bits per heavy atom. The molecule has 3 nitrogen and oxygen atoms in total. The molecule has 0 saturated carbocycles. The molecule has 5 rings (SSSR count). The Kier molecular flexibility index (Phi) is 2.89. The molecule has 2 aromatic carbocycles. The van der Waals surface area contributed by atoms with Gasteiger partial charge in [-0.15, -0.1) is 0 Å². The Morgan fingerprint density at radius 2 is 1.50 bits per heavy atom. The molecular weight excluding hydrogens is 320 g/mol. The summed E-state index contributed by atoms with van der Waals surface area (Å²) in [6, 6.07) is 17.0. The Labute approximate surface area is 154 Å². The van der Waals surface area contributed by atoms with E-state index in [9.17, 15) is 4.79 Å². The molecule has 3 aliphatic rings. The van der Waals surface area contributed by atoms with Crippen LogP contribution in [0.1, 0.15) is 38.8 Å². The Morgan fingerprint density at radius 3 is 2.23 bits per heavy atom. The fraction of sp³-hybridized carbons (Fsp3) is 0.348. The third-order valence-corrected chi connectivity index (χ3v) is 6.55. The first-order valence-electron chi connectivity index (χ1n) is 9.34. The zero-order valence-electron chi connectivity index (χ0n) is 15.8. The van der Waals surface area contributed by atoms with Crippen molar-refractivity contribution >= 4 is 17.3 Å². The van der Waals surface area contributed by atoms with Crippen LogP contribution in [-0.4, -0.2) is 18.5 Å². The summed E-state index contributed by atoms with van der Waals surface area (Å²) in [5, 5.41) is 0. The minimum atomic E-state index is -0.173. The lowest BCUT2D eigenvalue weighted by Crippen LogP contribution is -2.42. The van der Waals surface area contributed by atoms with Crippen molar-refractivity contribution in [1.82, 2.24) is 0 Å². The fourth-order valence-electron chi connectivity index (χ4n) is 5.11. The molecule has 0 spiro atoms. The summed E-state index contributed by atoms with van der Waals surface area (Å²) in [5.41, 5.74) is 5.72. The van der Waals surface area contributed by atoms with Crippen LogP contribution in [-0.2, 0) is 15.6 Å². The number of allylic oxidation sites excluding steroid dienone is 1. The van der Waals surface area contributed by atoms with Crippen molar-refractivity contribution in [1.29, 1.82) is 0 Å². The molecule has 3 aliphatic heterocycles. The van der Waals surface area contributed by atoms with E-state index in [-0.39, 0.29) is 22.8 Å². The van der Waals surface area contributed by atoms with Gasteiger partial charge in [-0.25, -0.2) is 0 Å². The Balaban J connectivity index is 1.74. The monoisotopic (exact) mass is 344 g/mol. The summed E-state index contributed by atoms with van der Waals surface area (Å²) in [6.45, 7) is 9.46. The van der Waals surface area contributed by atoms with Crippen molar-refractivity contribution < 1.29 is 4.79 Å². The van der Waals surface area contributed by atoms with Gasteiger partial charge in [-0.2, -0.15) is 0 Å². The Bertz CT molecular complexity index is 970. The Hall–Kier alpha value is -2.55. The van der Waals surface area contributed by atoms with Crippen LogP contribution in [0.3, 0.4) is 0 Å². The van der Waals surface area contributed by atoms with Gasteiger partial charge in [0.2, 0.25) is 0 Å². The number of benzene rings is 2. The molecule has 0 bridgehead atoms. The van der Waals surface area contributed by atoms with Gasteiger partial charge >= 0.3 is 0 Å². The molecule has 0 N–H and O–H groups in total. The number of anilines is 2. The maximum atomic E-state index is 13.4. The molecule has 0 aromatic heterocycles. The van der Waals surface area contributed by atoms with Crippen molar-refractivity contribution in [3.05, 3.63) is 71.4 Å². The molecule has 1 atom stereocenters. The number of amides is 1. The lowest BCUT2D eigenvalue weighted by atomic mass is 9.77. The molecule has 3 heteroatoms. The molecule has 132 valence electrons. The minimum Gasteiger partial charge on any atom is -0.355 e. The lowest BCUT2D eigenvalue weighted by Gasteiger charge is -2.31. The average Bonchev–Trinajstić information content (AvgIpc) is 2.87. The highest BCUT2D eigenvalue weighted by atomic mass is 16.2. The highest BCUT2D eigenvalue weighted by molar-refractivity contribution is 6.04. The number of fused-ring (bicyclic) bond motifs is 6. The van der Waals surface area contributed by atoms with E-state index in [4.69, 9.17) is 0 Å². The van der Waals surface area contributed by atoms with Gasteiger partial charge in [-0.1, -0.05) is 64.1 Å². The van der Waals surface area contributed by atoms with E-state index < -0.39 is 0 Å². The SMILES string of the molecule is CC1(C)C2=CC3N(CC(=O)N2c2ccccc21)c1ccccc1C3(C)C. The van der Waals surface area contributed by atoms with Gasteiger partial charge in [0.15, 0.2) is 0 Å². The molecule has 2 aromatic rings. The van der Waals surface area contributed by atoms with E-state index in [2.05, 4.69) is 81.1 Å².